The lowest BCUT2D eigenvalue weighted by atomic mass is 9.90. The minimum absolute atomic E-state index is 0.120. The fourth-order valence-corrected chi connectivity index (χ4v) is 2.42. The number of carbonyl (C=O) groups excluding carboxylic acids is 1. The Morgan fingerprint density at radius 2 is 1.30 bits per heavy atom. The van der Waals surface area contributed by atoms with Crippen LogP contribution in [0.15, 0.2) is 45.6 Å². The van der Waals surface area contributed by atoms with E-state index in [-0.39, 0.29) is 17.6 Å². The summed E-state index contributed by atoms with van der Waals surface area (Å²) in [7, 11) is 0. The standard InChI is InChI=1S/C15H14Br2N2O/c1-9(13-5-3-11(16)7-18-13)15(20)10(2)14-6-4-12(17)8-19-14/h3-10H,1-2H3. The highest BCUT2D eigenvalue weighted by Crippen LogP contribution is 2.25. The first-order valence-electron chi connectivity index (χ1n) is 6.25. The van der Waals surface area contributed by atoms with E-state index in [4.69, 9.17) is 0 Å². The van der Waals surface area contributed by atoms with Gasteiger partial charge in [0.1, 0.15) is 5.78 Å². The molecule has 0 aliphatic rings. The number of halogens is 2. The predicted molar refractivity (Wildman–Crippen MR) is 85.7 cm³/mol. The van der Waals surface area contributed by atoms with Crippen LogP contribution in [-0.4, -0.2) is 15.8 Å². The molecule has 0 saturated heterocycles. The molecule has 2 atom stereocenters. The monoisotopic (exact) mass is 396 g/mol. The molecule has 104 valence electrons. The molecule has 2 aromatic heterocycles. The third kappa shape index (κ3) is 3.52. The van der Waals surface area contributed by atoms with Crippen molar-refractivity contribution < 1.29 is 4.79 Å². The Morgan fingerprint density at radius 1 is 0.900 bits per heavy atom. The summed E-state index contributed by atoms with van der Waals surface area (Å²) in [6.07, 6.45) is 3.42. The smallest absolute Gasteiger partial charge is 0.150 e. The molecular formula is C15H14Br2N2O. The van der Waals surface area contributed by atoms with Crippen molar-refractivity contribution in [3.63, 3.8) is 0 Å². The normalized spacial score (nSPS) is 13.8. The Hall–Kier alpha value is -1.07. The largest absolute Gasteiger partial charge is 0.298 e. The number of ketones is 1. The van der Waals surface area contributed by atoms with E-state index in [0.29, 0.717) is 0 Å². The van der Waals surface area contributed by atoms with Crippen LogP contribution < -0.4 is 0 Å². The average molecular weight is 398 g/mol. The van der Waals surface area contributed by atoms with E-state index < -0.39 is 0 Å². The van der Waals surface area contributed by atoms with Gasteiger partial charge in [-0.25, -0.2) is 0 Å². The first kappa shape index (κ1) is 15.3. The van der Waals surface area contributed by atoms with Crippen molar-refractivity contribution in [1.82, 2.24) is 9.97 Å². The minimum atomic E-state index is -0.247. The second kappa shape index (κ2) is 6.59. The molecule has 2 aromatic rings. The number of Topliss-reactive ketones (excluding diaryl/α,β-unsaturated/α-hetero) is 1. The summed E-state index contributed by atoms with van der Waals surface area (Å²) >= 11 is 6.68. The van der Waals surface area contributed by atoms with E-state index in [2.05, 4.69) is 41.8 Å². The van der Waals surface area contributed by atoms with Gasteiger partial charge in [0, 0.05) is 21.3 Å². The maximum atomic E-state index is 12.5. The topological polar surface area (TPSA) is 42.9 Å². The van der Waals surface area contributed by atoms with E-state index in [0.717, 1.165) is 20.3 Å². The van der Waals surface area contributed by atoms with Crippen molar-refractivity contribution in [1.29, 1.82) is 0 Å². The molecule has 3 nitrogen and oxygen atoms in total. The Kier molecular flexibility index (Phi) is 5.05. The van der Waals surface area contributed by atoms with Gasteiger partial charge in [0.2, 0.25) is 0 Å². The van der Waals surface area contributed by atoms with Crippen LogP contribution >= 0.6 is 31.9 Å². The van der Waals surface area contributed by atoms with Gasteiger partial charge in [-0.1, -0.05) is 0 Å². The number of pyridine rings is 2. The van der Waals surface area contributed by atoms with E-state index in [1.165, 1.54) is 0 Å². The van der Waals surface area contributed by atoms with Crippen molar-refractivity contribution in [2.45, 2.75) is 25.7 Å². The summed E-state index contributed by atoms with van der Waals surface area (Å²) in [5, 5.41) is 0. The Bertz CT molecular complexity index is 543. The zero-order chi connectivity index (χ0) is 14.7. The first-order chi connectivity index (χ1) is 9.49. The maximum absolute atomic E-state index is 12.5. The van der Waals surface area contributed by atoms with Gasteiger partial charge in [0.25, 0.3) is 0 Å². The quantitative estimate of drug-likeness (QED) is 0.763. The van der Waals surface area contributed by atoms with Crippen molar-refractivity contribution in [3.8, 4) is 0 Å². The number of rotatable bonds is 4. The van der Waals surface area contributed by atoms with Crippen molar-refractivity contribution in [2.24, 2.45) is 0 Å². The number of nitrogens with zero attached hydrogens (tertiary/aromatic N) is 2. The van der Waals surface area contributed by atoms with Gasteiger partial charge in [-0.2, -0.15) is 0 Å². The number of aromatic nitrogens is 2. The summed E-state index contributed by atoms with van der Waals surface area (Å²) in [5.41, 5.74) is 1.56. The summed E-state index contributed by atoms with van der Waals surface area (Å²) in [5.74, 6) is -0.373. The van der Waals surface area contributed by atoms with E-state index >= 15 is 0 Å². The molecular weight excluding hydrogens is 384 g/mol. The van der Waals surface area contributed by atoms with Crippen molar-refractivity contribution in [3.05, 3.63) is 57.0 Å². The second-order valence-corrected chi connectivity index (χ2v) is 6.48. The molecule has 2 heterocycles. The maximum Gasteiger partial charge on any atom is 0.150 e. The summed E-state index contributed by atoms with van der Waals surface area (Å²) in [4.78, 5) is 21.1. The van der Waals surface area contributed by atoms with Crippen LogP contribution in [0.25, 0.3) is 0 Å². The zero-order valence-electron chi connectivity index (χ0n) is 11.2. The molecule has 0 amide bonds. The molecule has 0 aliphatic heterocycles. The van der Waals surface area contributed by atoms with Gasteiger partial charge in [0.15, 0.2) is 0 Å². The van der Waals surface area contributed by atoms with Crippen molar-refractivity contribution >= 4 is 37.6 Å². The summed E-state index contributed by atoms with van der Waals surface area (Å²) in [6, 6.07) is 7.53. The van der Waals surface area contributed by atoms with Gasteiger partial charge < -0.3 is 0 Å². The molecule has 20 heavy (non-hydrogen) atoms. The van der Waals surface area contributed by atoms with E-state index in [1.807, 2.05) is 38.1 Å². The van der Waals surface area contributed by atoms with Gasteiger partial charge in [-0.15, -0.1) is 0 Å². The third-order valence-electron chi connectivity index (χ3n) is 3.24. The molecule has 0 saturated carbocycles. The molecule has 0 aliphatic carbocycles. The van der Waals surface area contributed by atoms with Crippen LogP contribution in [0.4, 0.5) is 0 Å². The summed E-state index contributed by atoms with van der Waals surface area (Å²) in [6.45, 7) is 3.77. The molecule has 0 bridgehead atoms. The molecule has 0 spiro atoms. The summed E-state index contributed by atoms with van der Waals surface area (Å²) < 4.78 is 1.81. The average Bonchev–Trinajstić information content (AvgIpc) is 2.46. The fraction of sp³-hybridized carbons (Fsp3) is 0.267. The van der Waals surface area contributed by atoms with Crippen LogP contribution in [0.5, 0.6) is 0 Å². The lowest BCUT2D eigenvalue weighted by molar-refractivity contribution is -0.121. The molecule has 0 aromatic carbocycles. The first-order valence-corrected chi connectivity index (χ1v) is 7.84. The second-order valence-electron chi connectivity index (χ2n) is 4.65. The SMILES string of the molecule is CC(C(=O)C(C)c1ccc(Br)cn1)c1ccc(Br)cn1. The fourth-order valence-electron chi connectivity index (χ4n) is 1.95. The Balaban J connectivity index is 2.17. The highest BCUT2D eigenvalue weighted by Gasteiger charge is 2.24. The minimum Gasteiger partial charge on any atom is -0.298 e. The van der Waals surface area contributed by atoms with Gasteiger partial charge in [-0.05, 0) is 70.0 Å². The van der Waals surface area contributed by atoms with Crippen LogP contribution in [0.3, 0.4) is 0 Å². The van der Waals surface area contributed by atoms with E-state index in [9.17, 15) is 4.79 Å². The van der Waals surface area contributed by atoms with Crippen molar-refractivity contribution in [2.75, 3.05) is 0 Å². The molecule has 2 unspecified atom stereocenters. The highest BCUT2D eigenvalue weighted by molar-refractivity contribution is 9.10. The van der Waals surface area contributed by atoms with Crippen LogP contribution in [0, 0.1) is 0 Å². The Labute approximate surface area is 135 Å². The Morgan fingerprint density at radius 3 is 1.60 bits per heavy atom. The van der Waals surface area contributed by atoms with Gasteiger partial charge in [-0.3, -0.25) is 14.8 Å². The third-order valence-corrected chi connectivity index (χ3v) is 4.18. The highest BCUT2D eigenvalue weighted by atomic mass is 79.9. The molecule has 5 heteroatoms. The number of hydrogen-bond donors (Lipinski definition) is 0. The lowest BCUT2D eigenvalue weighted by Gasteiger charge is -2.15. The van der Waals surface area contributed by atoms with Gasteiger partial charge in [0.05, 0.1) is 23.2 Å². The molecule has 2 rings (SSSR count). The van der Waals surface area contributed by atoms with E-state index in [1.54, 1.807) is 12.4 Å². The zero-order valence-corrected chi connectivity index (χ0v) is 14.3. The molecule has 0 fully saturated rings. The van der Waals surface area contributed by atoms with Crippen LogP contribution in [-0.2, 0) is 4.79 Å². The number of hydrogen-bond acceptors (Lipinski definition) is 3. The van der Waals surface area contributed by atoms with Gasteiger partial charge >= 0.3 is 0 Å². The molecule has 0 N–H and O–H groups in total. The molecule has 0 radical (unpaired) electrons. The lowest BCUT2D eigenvalue weighted by Crippen LogP contribution is -2.18. The number of carbonyl (C=O) groups is 1. The van der Waals surface area contributed by atoms with Crippen LogP contribution in [0.2, 0.25) is 0 Å². The van der Waals surface area contributed by atoms with Crippen LogP contribution in [0.1, 0.15) is 37.1 Å². The predicted octanol–water partition coefficient (Wildman–Crippen LogP) is 4.48.